The van der Waals surface area contributed by atoms with Crippen molar-refractivity contribution in [3.8, 4) is 0 Å². The van der Waals surface area contributed by atoms with Crippen molar-refractivity contribution in [2.75, 3.05) is 23.7 Å². The third kappa shape index (κ3) is 4.90. The Kier molecular flexibility index (Phi) is 4.91. The van der Waals surface area contributed by atoms with E-state index in [4.69, 9.17) is 0 Å². The van der Waals surface area contributed by atoms with Crippen LogP contribution in [-0.4, -0.2) is 34.9 Å². The number of pyridine rings is 1. The van der Waals surface area contributed by atoms with Gasteiger partial charge in [-0.05, 0) is 19.8 Å². The standard InChI is InChI=1S/C13H19N5O3/c1-2-14-11-7-10(18(20)21)8-12(17-11)15-6-5-13(19)16-9-3-4-9/h7-9H,2-6H2,1H3,(H,16,19)(H2,14,15,17). The number of carbonyl (C=O) groups excluding carboxylic acids is 1. The Morgan fingerprint density at radius 3 is 2.62 bits per heavy atom. The molecule has 8 nitrogen and oxygen atoms in total. The Hall–Kier alpha value is -2.38. The van der Waals surface area contributed by atoms with Crippen molar-refractivity contribution in [3.63, 3.8) is 0 Å². The van der Waals surface area contributed by atoms with E-state index in [9.17, 15) is 14.9 Å². The number of anilines is 2. The SMILES string of the molecule is CCNc1cc([N+](=O)[O-])cc(NCCC(=O)NC2CC2)n1. The molecule has 114 valence electrons. The molecular weight excluding hydrogens is 274 g/mol. The van der Waals surface area contributed by atoms with Crippen molar-refractivity contribution >= 4 is 23.2 Å². The molecule has 0 saturated heterocycles. The molecule has 1 aromatic heterocycles. The van der Waals surface area contributed by atoms with Gasteiger partial charge < -0.3 is 16.0 Å². The van der Waals surface area contributed by atoms with Gasteiger partial charge in [-0.15, -0.1) is 0 Å². The summed E-state index contributed by atoms with van der Waals surface area (Å²) in [6.07, 6.45) is 2.42. The van der Waals surface area contributed by atoms with Crippen LogP contribution in [0.15, 0.2) is 12.1 Å². The van der Waals surface area contributed by atoms with E-state index in [1.165, 1.54) is 12.1 Å². The molecule has 2 rings (SSSR count). The summed E-state index contributed by atoms with van der Waals surface area (Å²) in [5.74, 6) is 0.818. The minimum atomic E-state index is -0.465. The Morgan fingerprint density at radius 1 is 1.38 bits per heavy atom. The first kappa shape index (κ1) is 15.0. The molecule has 1 amide bonds. The van der Waals surface area contributed by atoms with E-state index in [-0.39, 0.29) is 11.6 Å². The van der Waals surface area contributed by atoms with Gasteiger partial charge in [-0.2, -0.15) is 0 Å². The van der Waals surface area contributed by atoms with Crippen molar-refractivity contribution in [2.45, 2.75) is 32.2 Å². The normalized spacial score (nSPS) is 13.6. The van der Waals surface area contributed by atoms with E-state index in [1.54, 1.807) is 0 Å². The molecule has 1 aromatic rings. The van der Waals surface area contributed by atoms with Crippen molar-refractivity contribution < 1.29 is 9.72 Å². The molecule has 21 heavy (non-hydrogen) atoms. The van der Waals surface area contributed by atoms with E-state index >= 15 is 0 Å². The molecule has 0 atom stereocenters. The summed E-state index contributed by atoms with van der Waals surface area (Å²) >= 11 is 0. The van der Waals surface area contributed by atoms with Crippen LogP contribution in [-0.2, 0) is 4.79 Å². The first-order chi connectivity index (χ1) is 10.1. The predicted molar refractivity (Wildman–Crippen MR) is 79.3 cm³/mol. The first-order valence-corrected chi connectivity index (χ1v) is 7.02. The molecule has 1 saturated carbocycles. The minimum absolute atomic E-state index is 0.0117. The van der Waals surface area contributed by atoms with E-state index in [2.05, 4.69) is 20.9 Å². The van der Waals surface area contributed by atoms with Crippen LogP contribution in [0, 0.1) is 10.1 Å². The molecule has 1 aliphatic rings. The highest BCUT2D eigenvalue weighted by Crippen LogP contribution is 2.21. The number of nitrogens with one attached hydrogen (secondary N) is 3. The monoisotopic (exact) mass is 293 g/mol. The fourth-order valence-electron chi connectivity index (χ4n) is 1.82. The zero-order valence-electron chi connectivity index (χ0n) is 11.9. The lowest BCUT2D eigenvalue weighted by Crippen LogP contribution is -2.27. The summed E-state index contributed by atoms with van der Waals surface area (Å²) in [6, 6.07) is 3.09. The molecule has 0 unspecified atom stereocenters. The zero-order chi connectivity index (χ0) is 15.2. The highest BCUT2D eigenvalue weighted by Gasteiger charge is 2.22. The summed E-state index contributed by atoms with van der Waals surface area (Å²) in [4.78, 5) is 26.2. The van der Waals surface area contributed by atoms with Crippen molar-refractivity contribution in [3.05, 3.63) is 22.2 Å². The molecule has 8 heteroatoms. The third-order valence-corrected chi connectivity index (χ3v) is 2.98. The van der Waals surface area contributed by atoms with Crippen molar-refractivity contribution in [1.29, 1.82) is 0 Å². The lowest BCUT2D eigenvalue weighted by molar-refractivity contribution is -0.384. The van der Waals surface area contributed by atoms with E-state index in [0.717, 1.165) is 12.8 Å². The number of nitro groups is 1. The molecular formula is C13H19N5O3. The lowest BCUT2D eigenvalue weighted by atomic mass is 10.3. The van der Waals surface area contributed by atoms with Gasteiger partial charge in [0.25, 0.3) is 5.69 Å². The second-order valence-electron chi connectivity index (χ2n) is 4.90. The summed E-state index contributed by atoms with van der Waals surface area (Å²) in [7, 11) is 0. The molecule has 0 spiro atoms. The van der Waals surface area contributed by atoms with Gasteiger partial charge in [0.1, 0.15) is 11.6 Å². The van der Waals surface area contributed by atoms with Crippen LogP contribution in [0.3, 0.4) is 0 Å². The smallest absolute Gasteiger partial charge is 0.276 e. The maximum Gasteiger partial charge on any atom is 0.276 e. The Morgan fingerprint density at radius 2 is 2.05 bits per heavy atom. The van der Waals surface area contributed by atoms with Gasteiger partial charge >= 0.3 is 0 Å². The van der Waals surface area contributed by atoms with E-state index < -0.39 is 4.92 Å². The summed E-state index contributed by atoms with van der Waals surface area (Å²) in [5.41, 5.74) is -0.0362. The highest BCUT2D eigenvalue weighted by atomic mass is 16.6. The molecule has 0 aromatic carbocycles. The molecule has 1 fully saturated rings. The quantitative estimate of drug-likeness (QED) is 0.495. The number of aromatic nitrogens is 1. The van der Waals surface area contributed by atoms with Crippen LogP contribution < -0.4 is 16.0 Å². The number of rotatable bonds is 8. The molecule has 1 aliphatic carbocycles. The van der Waals surface area contributed by atoms with Gasteiger partial charge in [0.05, 0.1) is 17.1 Å². The number of hydrogen-bond donors (Lipinski definition) is 3. The third-order valence-electron chi connectivity index (χ3n) is 2.98. The van der Waals surface area contributed by atoms with Gasteiger partial charge in [-0.3, -0.25) is 14.9 Å². The highest BCUT2D eigenvalue weighted by molar-refractivity contribution is 5.77. The predicted octanol–water partition coefficient (Wildman–Crippen LogP) is 1.50. The second kappa shape index (κ2) is 6.87. The lowest BCUT2D eigenvalue weighted by Gasteiger charge is -2.08. The largest absolute Gasteiger partial charge is 0.370 e. The average molecular weight is 293 g/mol. The fourth-order valence-corrected chi connectivity index (χ4v) is 1.82. The zero-order valence-corrected chi connectivity index (χ0v) is 11.9. The van der Waals surface area contributed by atoms with Crippen LogP contribution in [0.5, 0.6) is 0 Å². The molecule has 3 N–H and O–H groups in total. The van der Waals surface area contributed by atoms with Gasteiger partial charge in [0.15, 0.2) is 0 Å². The van der Waals surface area contributed by atoms with Crippen molar-refractivity contribution in [2.24, 2.45) is 0 Å². The van der Waals surface area contributed by atoms with Gasteiger partial charge in [0.2, 0.25) is 5.91 Å². The number of carbonyl (C=O) groups is 1. The maximum absolute atomic E-state index is 11.5. The Balaban J connectivity index is 1.90. The molecule has 0 aliphatic heterocycles. The van der Waals surface area contributed by atoms with Gasteiger partial charge in [0, 0.05) is 25.6 Å². The second-order valence-corrected chi connectivity index (χ2v) is 4.90. The van der Waals surface area contributed by atoms with Crippen LogP contribution in [0.25, 0.3) is 0 Å². The van der Waals surface area contributed by atoms with Crippen LogP contribution >= 0.6 is 0 Å². The van der Waals surface area contributed by atoms with Crippen LogP contribution in [0.4, 0.5) is 17.3 Å². The summed E-state index contributed by atoms with van der Waals surface area (Å²) in [6.45, 7) is 2.89. The summed E-state index contributed by atoms with van der Waals surface area (Å²) < 4.78 is 0. The number of amides is 1. The number of hydrogen-bond acceptors (Lipinski definition) is 6. The van der Waals surface area contributed by atoms with Crippen LogP contribution in [0.1, 0.15) is 26.2 Å². The Labute approximate surface area is 122 Å². The van der Waals surface area contributed by atoms with E-state index in [1.807, 2.05) is 6.92 Å². The minimum Gasteiger partial charge on any atom is -0.370 e. The molecule has 1 heterocycles. The Bertz CT molecular complexity index is 531. The van der Waals surface area contributed by atoms with Gasteiger partial charge in [-0.1, -0.05) is 0 Å². The molecule has 0 bridgehead atoms. The number of nitrogens with zero attached hydrogens (tertiary/aromatic N) is 2. The summed E-state index contributed by atoms with van der Waals surface area (Å²) in [5, 5.41) is 19.6. The van der Waals surface area contributed by atoms with E-state index in [0.29, 0.717) is 37.2 Å². The maximum atomic E-state index is 11.5. The fraction of sp³-hybridized carbons (Fsp3) is 0.538. The topological polar surface area (TPSA) is 109 Å². The van der Waals surface area contributed by atoms with Crippen molar-refractivity contribution in [1.82, 2.24) is 10.3 Å². The van der Waals surface area contributed by atoms with Crippen LogP contribution in [0.2, 0.25) is 0 Å². The first-order valence-electron chi connectivity index (χ1n) is 7.02. The van der Waals surface area contributed by atoms with Gasteiger partial charge in [-0.25, -0.2) is 4.98 Å². The molecule has 0 radical (unpaired) electrons. The average Bonchev–Trinajstić information content (AvgIpc) is 3.22.